The molecule has 0 aliphatic carbocycles. The van der Waals surface area contributed by atoms with Crippen LogP contribution in [0.25, 0.3) is 0 Å². The van der Waals surface area contributed by atoms with Crippen molar-refractivity contribution in [2.24, 2.45) is 0 Å². The lowest BCUT2D eigenvalue weighted by Gasteiger charge is -2.24. The molecule has 1 aliphatic rings. The highest BCUT2D eigenvalue weighted by atomic mass is 16.6. The zero-order chi connectivity index (χ0) is 14.5. The van der Waals surface area contributed by atoms with Crippen molar-refractivity contribution in [3.63, 3.8) is 0 Å². The highest BCUT2D eigenvalue weighted by molar-refractivity contribution is 5.95. The molecule has 0 unspecified atom stereocenters. The van der Waals surface area contributed by atoms with E-state index in [0.29, 0.717) is 11.3 Å². The van der Waals surface area contributed by atoms with Crippen molar-refractivity contribution in [2.75, 3.05) is 25.5 Å². The van der Waals surface area contributed by atoms with E-state index in [1.807, 2.05) is 0 Å². The number of hydrogen-bond donors (Lipinski definition) is 3. The summed E-state index contributed by atoms with van der Waals surface area (Å²) in [6.07, 6.45) is 1.81. The van der Waals surface area contributed by atoms with Crippen LogP contribution in [0.1, 0.15) is 23.2 Å². The molecule has 0 saturated carbocycles. The van der Waals surface area contributed by atoms with Crippen LogP contribution in [0.5, 0.6) is 0 Å². The normalized spacial score (nSPS) is 15.7. The number of carbonyl (C=O) groups is 1. The second-order valence-corrected chi connectivity index (χ2v) is 4.74. The van der Waals surface area contributed by atoms with Crippen LogP contribution in [-0.2, 0) is 0 Å². The Balaban J connectivity index is 2.26. The van der Waals surface area contributed by atoms with Crippen molar-refractivity contribution < 1.29 is 9.72 Å². The number of nitro benzene ring substituents is 1. The number of piperidine rings is 1. The van der Waals surface area contributed by atoms with Crippen molar-refractivity contribution in [2.45, 2.75) is 18.9 Å². The quantitative estimate of drug-likeness (QED) is 0.566. The van der Waals surface area contributed by atoms with Crippen molar-refractivity contribution in [3.05, 3.63) is 33.9 Å². The van der Waals surface area contributed by atoms with Crippen LogP contribution in [0.4, 0.5) is 11.4 Å². The lowest BCUT2D eigenvalue weighted by Crippen LogP contribution is -2.35. The van der Waals surface area contributed by atoms with Gasteiger partial charge < -0.3 is 16.0 Å². The zero-order valence-electron chi connectivity index (χ0n) is 11.3. The fourth-order valence-corrected chi connectivity index (χ4v) is 2.28. The molecule has 1 heterocycles. The molecular weight excluding hydrogens is 260 g/mol. The summed E-state index contributed by atoms with van der Waals surface area (Å²) in [7, 11) is 1.53. The molecule has 1 fully saturated rings. The van der Waals surface area contributed by atoms with E-state index in [0.717, 1.165) is 25.9 Å². The van der Waals surface area contributed by atoms with Gasteiger partial charge in [-0.1, -0.05) is 0 Å². The summed E-state index contributed by atoms with van der Waals surface area (Å²) in [6, 6.07) is 4.56. The van der Waals surface area contributed by atoms with Crippen molar-refractivity contribution in [1.82, 2.24) is 10.6 Å². The minimum Gasteiger partial charge on any atom is -0.377 e. The third kappa shape index (κ3) is 3.24. The van der Waals surface area contributed by atoms with E-state index in [9.17, 15) is 14.9 Å². The van der Waals surface area contributed by atoms with Crippen LogP contribution in [0.15, 0.2) is 18.2 Å². The van der Waals surface area contributed by atoms with Crippen molar-refractivity contribution in [3.8, 4) is 0 Å². The second kappa shape index (κ2) is 6.33. The van der Waals surface area contributed by atoms with Gasteiger partial charge in [-0.2, -0.15) is 0 Å². The molecule has 0 radical (unpaired) electrons. The third-order valence-corrected chi connectivity index (χ3v) is 3.38. The summed E-state index contributed by atoms with van der Waals surface area (Å²) in [5, 5.41) is 20.0. The Morgan fingerprint density at radius 1 is 1.40 bits per heavy atom. The Hall–Kier alpha value is -2.15. The molecule has 108 valence electrons. The fourth-order valence-electron chi connectivity index (χ4n) is 2.28. The van der Waals surface area contributed by atoms with Crippen molar-refractivity contribution >= 4 is 17.3 Å². The average molecular weight is 278 g/mol. The van der Waals surface area contributed by atoms with Gasteiger partial charge in [0.05, 0.1) is 4.92 Å². The van der Waals surface area contributed by atoms with Gasteiger partial charge in [0.15, 0.2) is 0 Å². The minimum absolute atomic E-state index is 0.00353. The Kier molecular flexibility index (Phi) is 4.52. The van der Waals surface area contributed by atoms with Crippen LogP contribution in [0.2, 0.25) is 0 Å². The predicted octanol–water partition coefficient (Wildman–Crippen LogP) is 1.12. The fraction of sp³-hybridized carbons (Fsp3) is 0.462. The number of carbonyl (C=O) groups excluding carboxylic acids is 1. The van der Waals surface area contributed by atoms with Gasteiger partial charge in [0.1, 0.15) is 5.69 Å². The Bertz CT molecular complexity index is 512. The highest BCUT2D eigenvalue weighted by Gasteiger charge is 2.20. The molecule has 1 amide bonds. The maximum absolute atomic E-state index is 11.6. The van der Waals surface area contributed by atoms with Gasteiger partial charge >= 0.3 is 0 Å². The molecule has 3 N–H and O–H groups in total. The van der Waals surface area contributed by atoms with Gasteiger partial charge in [0, 0.05) is 24.7 Å². The topological polar surface area (TPSA) is 96.3 Å². The molecule has 1 saturated heterocycles. The Morgan fingerprint density at radius 2 is 2.10 bits per heavy atom. The van der Waals surface area contributed by atoms with Gasteiger partial charge in [-0.15, -0.1) is 0 Å². The largest absolute Gasteiger partial charge is 0.377 e. The van der Waals surface area contributed by atoms with E-state index in [4.69, 9.17) is 0 Å². The molecule has 1 aromatic rings. The van der Waals surface area contributed by atoms with E-state index in [-0.39, 0.29) is 17.6 Å². The standard InChI is InChI=1S/C13H18N4O3/c1-14-13(18)9-2-3-12(17(19)20)11(8-9)16-10-4-6-15-7-5-10/h2-3,8,10,15-16H,4-7H2,1H3,(H,14,18). The van der Waals surface area contributed by atoms with Crippen LogP contribution >= 0.6 is 0 Å². The summed E-state index contributed by atoms with van der Waals surface area (Å²) < 4.78 is 0. The van der Waals surface area contributed by atoms with Gasteiger partial charge in [-0.25, -0.2) is 0 Å². The Labute approximate surface area is 116 Å². The molecular formula is C13H18N4O3. The number of nitrogens with zero attached hydrogens (tertiary/aromatic N) is 1. The maximum atomic E-state index is 11.6. The number of nitro groups is 1. The predicted molar refractivity (Wildman–Crippen MR) is 76.0 cm³/mol. The smallest absolute Gasteiger partial charge is 0.292 e. The summed E-state index contributed by atoms with van der Waals surface area (Å²) in [5.74, 6) is -0.256. The number of nitrogens with one attached hydrogen (secondary N) is 3. The van der Waals surface area contributed by atoms with Crippen LogP contribution in [-0.4, -0.2) is 37.0 Å². The van der Waals surface area contributed by atoms with Gasteiger partial charge in [0.2, 0.25) is 0 Å². The summed E-state index contributed by atoms with van der Waals surface area (Å²) >= 11 is 0. The number of benzene rings is 1. The number of amides is 1. The van der Waals surface area contributed by atoms with E-state index >= 15 is 0 Å². The summed E-state index contributed by atoms with van der Waals surface area (Å²) in [5.41, 5.74) is 0.814. The van der Waals surface area contributed by atoms with E-state index in [2.05, 4.69) is 16.0 Å². The molecule has 0 spiro atoms. The summed E-state index contributed by atoms with van der Waals surface area (Å²) in [4.78, 5) is 22.3. The number of rotatable bonds is 4. The average Bonchev–Trinajstić information content (AvgIpc) is 2.47. The highest BCUT2D eigenvalue weighted by Crippen LogP contribution is 2.27. The molecule has 0 atom stereocenters. The van der Waals surface area contributed by atoms with Gasteiger partial charge in [-0.3, -0.25) is 14.9 Å². The van der Waals surface area contributed by atoms with E-state index in [1.54, 1.807) is 6.07 Å². The van der Waals surface area contributed by atoms with Crippen molar-refractivity contribution in [1.29, 1.82) is 0 Å². The molecule has 2 rings (SSSR count). The lowest BCUT2D eigenvalue weighted by atomic mass is 10.1. The first-order valence-electron chi connectivity index (χ1n) is 6.59. The molecule has 1 aliphatic heterocycles. The third-order valence-electron chi connectivity index (χ3n) is 3.38. The second-order valence-electron chi connectivity index (χ2n) is 4.74. The zero-order valence-corrected chi connectivity index (χ0v) is 11.3. The minimum atomic E-state index is -0.433. The SMILES string of the molecule is CNC(=O)c1ccc([N+](=O)[O-])c(NC2CCNCC2)c1. The molecule has 0 bridgehead atoms. The van der Waals surface area contributed by atoms with E-state index < -0.39 is 4.92 Å². The first-order chi connectivity index (χ1) is 9.61. The number of hydrogen-bond acceptors (Lipinski definition) is 5. The van der Waals surface area contributed by atoms with Crippen LogP contribution < -0.4 is 16.0 Å². The van der Waals surface area contributed by atoms with E-state index in [1.165, 1.54) is 19.2 Å². The van der Waals surface area contributed by atoms with Crippen LogP contribution in [0.3, 0.4) is 0 Å². The first-order valence-corrected chi connectivity index (χ1v) is 6.59. The van der Waals surface area contributed by atoms with Gasteiger partial charge in [-0.05, 0) is 38.1 Å². The lowest BCUT2D eigenvalue weighted by molar-refractivity contribution is -0.384. The molecule has 20 heavy (non-hydrogen) atoms. The molecule has 7 heteroatoms. The van der Waals surface area contributed by atoms with Gasteiger partial charge in [0.25, 0.3) is 11.6 Å². The monoisotopic (exact) mass is 278 g/mol. The molecule has 0 aromatic heterocycles. The van der Waals surface area contributed by atoms with Crippen LogP contribution in [0, 0.1) is 10.1 Å². The number of anilines is 1. The molecule has 1 aromatic carbocycles. The Morgan fingerprint density at radius 3 is 2.70 bits per heavy atom. The first kappa shape index (κ1) is 14.3. The molecule has 7 nitrogen and oxygen atoms in total. The summed E-state index contributed by atoms with van der Waals surface area (Å²) in [6.45, 7) is 1.78. The maximum Gasteiger partial charge on any atom is 0.292 e.